The topological polar surface area (TPSA) is 43.0 Å². The van der Waals surface area contributed by atoms with Gasteiger partial charge in [0.15, 0.2) is 0 Å². The summed E-state index contributed by atoms with van der Waals surface area (Å²) in [6, 6.07) is 0. The van der Waals surface area contributed by atoms with Gasteiger partial charge in [-0.15, -0.1) is 0 Å². The van der Waals surface area contributed by atoms with Crippen molar-refractivity contribution in [1.29, 1.82) is 0 Å². The van der Waals surface area contributed by atoms with Crippen molar-refractivity contribution >= 4 is 0 Å². The maximum absolute atomic E-state index is 10.2. The third kappa shape index (κ3) is 2.45. The summed E-state index contributed by atoms with van der Waals surface area (Å²) in [6.07, 6.45) is 12.1. The molecule has 102 valence electrons. The second-order valence-electron chi connectivity index (χ2n) is 5.34. The predicted octanol–water partition coefficient (Wildman–Crippen LogP) is 2.51. The molecule has 0 saturated heterocycles. The van der Waals surface area contributed by atoms with Crippen molar-refractivity contribution in [2.45, 2.75) is 51.8 Å². The Morgan fingerprint density at radius 3 is 3.11 bits per heavy atom. The van der Waals surface area contributed by atoms with Crippen LogP contribution >= 0.6 is 0 Å². The van der Waals surface area contributed by atoms with Crippen molar-refractivity contribution in [2.75, 3.05) is 0 Å². The van der Waals surface area contributed by atoms with Gasteiger partial charge in [-0.1, -0.05) is 6.42 Å². The summed E-state index contributed by atoms with van der Waals surface area (Å²) in [7, 11) is 0. The van der Waals surface area contributed by atoms with E-state index in [2.05, 4.69) is 33.4 Å². The van der Waals surface area contributed by atoms with Crippen LogP contribution in [0.4, 0.5) is 0 Å². The van der Waals surface area contributed by atoms with Crippen molar-refractivity contribution < 1.29 is 5.11 Å². The summed E-state index contributed by atoms with van der Waals surface area (Å²) in [5.41, 5.74) is 3.65. The van der Waals surface area contributed by atoms with Crippen LogP contribution < -0.4 is 0 Å². The van der Waals surface area contributed by atoms with Gasteiger partial charge < -0.3 is 14.2 Å². The molecule has 0 radical (unpaired) electrons. The van der Waals surface area contributed by atoms with E-state index >= 15 is 0 Å². The molecular formula is C15H21N3O. The molecule has 0 saturated carbocycles. The van der Waals surface area contributed by atoms with Gasteiger partial charge in [0.2, 0.25) is 0 Å². The Hall–Kier alpha value is -1.55. The molecule has 4 nitrogen and oxygen atoms in total. The first-order valence-electron chi connectivity index (χ1n) is 7.13. The van der Waals surface area contributed by atoms with Crippen LogP contribution in [0.5, 0.6) is 0 Å². The predicted molar refractivity (Wildman–Crippen MR) is 73.9 cm³/mol. The number of nitrogens with zero attached hydrogens (tertiary/aromatic N) is 3. The zero-order valence-electron chi connectivity index (χ0n) is 11.4. The van der Waals surface area contributed by atoms with E-state index in [0.29, 0.717) is 0 Å². The molecule has 4 heteroatoms. The van der Waals surface area contributed by atoms with Gasteiger partial charge in [0, 0.05) is 30.7 Å². The molecule has 0 fully saturated rings. The van der Waals surface area contributed by atoms with E-state index in [1.54, 1.807) is 0 Å². The average molecular weight is 259 g/mol. The number of aliphatic hydroxyl groups is 1. The maximum atomic E-state index is 10.2. The molecule has 1 atom stereocenters. The number of hydrogen-bond donors (Lipinski definition) is 1. The summed E-state index contributed by atoms with van der Waals surface area (Å²) in [4.78, 5) is 4.20. The highest BCUT2D eigenvalue weighted by Crippen LogP contribution is 2.29. The number of fused-ring (bicyclic) bond motifs is 1. The normalized spacial score (nSPS) is 19.2. The molecule has 1 unspecified atom stereocenters. The Balaban J connectivity index is 1.85. The van der Waals surface area contributed by atoms with E-state index in [9.17, 15) is 5.11 Å². The zero-order chi connectivity index (χ0) is 13.2. The SMILES string of the molecule is CCn1cncc1Cn1cc2c(c1)C(O)CCCC2. The first kappa shape index (κ1) is 12.5. The molecule has 0 spiro atoms. The number of aryl methyl sites for hydroxylation is 2. The summed E-state index contributed by atoms with van der Waals surface area (Å²) in [6.45, 7) is 3.90. The fourth-order valence-corrected chi connectivity index (χ4v) is 2.93. The average Bonchev–Trinajstić information content (AvgIpc) is 2.98. The monoisotopic (exact) mass is 259 g/mol. The Labute approximate surface area is 113 Å². The van der Waals surface area contributed by atoms with Gasteiger partial charge in [-0.25, -0.2) is 4.98 Å². The molecular weight excluding hydrogens is 238 g/mol. The van der Waals surface area contributed by atoms with Crippen LogP contribution in [0.15, 0.2) is 24.9 Å². The van der Waals surface area contributed by atoms with Crippen molar-refractivity contribution in [3.63, 3.8) is 0 Å². The number of hydrogen-bond acceptors (Lipinski definition) is 2. The summed E-state index contributed by atoms with van der Waals surface area (Å²) in [5, 5.41) is 10.2. The van der Waals surface area contributed by atoms with Crippen molar-refractivity contribution in [3.05, 3.63) is 41.7 Å². The molecule has 2 aromatic rings. The van der Waals surface area contributed by atoms with E-state index in [0.717, 1.165) is 37.9 Å². The Bertz CT molecular complexity index is 555. The van der Waals surface area contributed by atoms with Gasteiger partial charge in [-0.3, -0.25) is 0 Å². The fourth-order valence-electron chi connectivity index (χ4n) is 2.93. The first-order chi connectivity index (χ1) is 9.28. The van der Waals surface area contributed by atoms with Gasteiger partial charge in [-0.2, -0.15) is 0 Å². The van der Waals surface area contributed by atoms with Crippen LogP contribution in [0.25, 0.3) is 0 Å². The molecule has 1 aliphatic rings. The lowest BCUT2D eigenvalue weighted by Gasteiger charge is -2.07. The molecule has 3 rings (SSSR count). The molecule has 2 aromatic heterocycles. The van der Waals surface area contributed by atoms with Gasteiger partial charge in [0.1, 0.15) is 0 Å². The quantitative estimate of drug-likeness (QED) is 0.861. The lowest BCUT2D eigenvalue weighted by molar-refractivity contribution is 0.166. The fraction of sp³-hybridized carbons (Fsp3) is 0.533. The highest BCUT2D eigenvalue weighted by molar-refractivity contribution is 5.28. The summed E-state index contributed by atoms with van der Waals surface area (Å²) >= 11 is 0. The third-order valence-corrected chi connectivity index (χ3v) is 4.01. The van der Waals surface area contributed by atoms with Crippen LogP contribution in [0.3, 0.4) is 0 Å². The number of aliphatic hydroxyl groups excluding tert-OH is 1. The van der Waals surface area contributed by atoms with Crippen LogP contribution in [0, 0.1) is 0 Å². The van der Waals surface area contributed by atoms with Gasteiger partial charge in [0.05, 0.1) is 24.7 Å². The Morgan fingerprint density at radius 2 is 2.26 bits per heavy atom. The minimum atomic E-state index is -0.283. The number of aromatic nitrogens is 3. The van der Waals surface area contributed by atoms with Crippen LogP contribution in [0.2, 0.25) is 0 Å². The summed E-state index contributed by atoms with van der Waals surface area (Å²) < 4.78 is 4.34. The lowest BCUT2D eigenvalue weighted by atomic mass is 10.1. The molecule has 1 aliphatic carbocycles. The number of rotatable bonds is 3. The van der Waals surface area contributed by atoms with Gasteiger partial charge in [0.25, 0.3) is 0 Å². The largest absolute Gasteiger partial charge is 0.388 e. The molecule has 0 amide bonds. The second-order valence-corrected chi connectivity index (χ2v) is 5.34. The Morgan fingerprint density at radius 1 is 1.37 bits per heavy atom. The standard InChI is InChI=1S/C15H21N3O/c1-2-18-11-16-7-13(18)9-17-8-12-5-3-4-6-15(19)14(12)10-17/h7-8,10-11,15,19H,2-6,9H2,1H3. The van der Waals surface area contributed by atoms with Crippen LogP contribution in [0.1, 0.15) is 49.1 Å². The maximum Gasteiger partial charge on any atom is 0.0948 e. The van der Waals surface area contributed by atoms with E-state index in [4.69, 9.17) is 0 Å². The van der Waals surface area contributed by atoms with E-state index in [-0.39, 0.29) is 6.10 Å². The molecule has 0 bridgehead atoms. The lowest BCUT2D eigenvalue weighted by Crippen LogP contribution is -2.04. The highest BCUT2D eigenvalue weighted by atomic mass is 16.3. The molecule has 19 heavy (non-hydrogen) atoms. The molecule has 0 aromatic carbocycles. The van der Waals surface area contributed by atoms with Crippen LogP contribution in [-0.2, 0) is 19.5 Å². The van der Waals surface area contributed by atoms with Crippen molar-refractivity contribution in [1.82, 2.24) is 14.1 Å². The van der Waals surface area contributed by atoms with Crippen molar-refractivity contribution in [2.24, 2.45) is 0 Å². The molecule has 2 heterocycles. The van der Waals surface area contributed by atoms with Crippen molar-refractivity contribution in [3.8, 4) is 0 Å². The van der Waals surface area contributed by atoms with Gasteiger partial charge in [-0.05, 0) is 31.7 Å². The van der Waals surface area contributed by atoms with E-state index < -0.39 is 0 Å². The highest BCUT2D eigenvalue weighted by Gasteiger charge is 2.18. The zero-order valence-corrected chi connectivity index (χ0v) is 11.4. The third-order valence-electron chi connectivity index (χ3n) is 4.01. The minimum absolute atomic E-state index is 0.283. The second kappa shape index (κ2) is 5.21. The first-order valence-corrected chi connectivity index (χ1v) is 7.13. The Kier molecular flexibility index (Phi) is 3.42. The van der Waals surface area contributed by atoms with E-state index in [1.807, 2.05) is 12.5 Å². The summed E-state index contributed by atoms with van der Waals surface area (Å²) in [5.74, 6) is 0. The van der Waals surface area contributed by atoms with Gasteiger partial charge >= 0.3 is 0 Å². The smallest absolute Gasteiger partial charge is 0.0948 e. The van der Waals surface area contributed by atoms with E-state index in [1.165, 1.54) is 17.7 Å². The molecule has 1 N–H and O–H groups in total. The minimum Gasteiger partial charge on any atom is -0.388 e. The number of imidazole rings is 1. The molecule has 0 aliphatic heterocycles. The van der Waals surface area contributed by atoms with Crippen LogP contribution in [-0.4, -0.2) is 19.2 Å².